The van der Waals surface area contributed by atoms with Gasteiger partial charge in [0, 0.05) is 0 Å². The van der Waals surface area contributed by atoms with Gasteiger partial charge < -0.3 is 4.74 Å². The Morgan fingerprint density at radius 1 is 1.30 bits per heavy atom. The Hall–Kier alpha value is -1.93. The molecule has 0 radical (unpaired) electrons. The SMILES string of the molecule is COC(=O)c1sccc1S(=O)(=O)Nc1ccccc1F. The second-order valence-corrected chi connectivity index (χ2v) is 6.26. The van der Waals surface area contributed by atoms with E-state index >= 15 is 0 Å². The lowest BCUT2D eigenvalue weighted by Gasteiger charge is -2.08. The van der Waals surface area contributed by atoms with Gasteiger partial charge in [0.05, 0.1) is 12.8 Å². The molecule has 0 saturated carbocycles. The standard InChI is InChI=1S/C12H10FNO4S2/c1-18-12(15)11-10(6-7-19-11)20(16,17)14-9-5-3-2-4-8(9)13/h2-7,14H,1H3. The molecule has 0 aliphatic rings. The fraction of sp³-hybridized carbons (Fsp3) is 0.0833. The van der Waals surface area contributed by atoms with Gasteiger partial charge >= 0.3 is 5.97 Å². The molecule has 0 saturated heterocycles. The van der Waals surface area contributed by atoms with Gasteiger partial charge in [-0.25, -0.2) is 17.6 Å². The van der Waals surface area contributed by atoms with Gasteiger partial charge in [0.1, 0.15) is 15.6 Å². The maximum Gasteiger partial charge on any atom is 0.349 e. The van der Waals surface area contributed by atoms with E-state index in [0.29, 0.717) is 0 Å². The smallest absolute Gasteiger partial charge is 0.349 e. The minimum atomic E-state index is -4.06. The van der Waals surface area contributed by atoms with Crippen molar-refractivity contribution < 1.29 is 22.3 Å². The summed E-state index contributed by atoms with van der Waals surface area (Å²) in [6, 6.07) is 6.62. The third-order valence-electron chi connectivity index (χ3n) is 2.41. The highest BCUT2D eigenvalue weighted by Crippen LogP contribution is 2.25. The van der Waals surface area contributed by atoms with Crippen LogP contribution < -0.4 is 4.72 Å². The highest BCUT2D eigenvalue weighted by molar-refractivity contribution is 7.93. The molecule has 2 aromatic rings. The van der Waals surface area contributed by atoms with Gasteiger partial charge in [-0.2, -0.15) is 0 Å². The van der Waals surface area contributed by atoms with Crippen molar-refractivity contribution in [2.75, 3.05) is 11.8 Å². The van der Waals surface area contributed by atoms with Gasteiger partial charge in [-0.05, 0) is 23.6 Å². The molecule has 5 nitrogen and oxygen atoms in total. The molecule has 106 valence electrons. The molecular weight excluding hydrogens is 305 g/mol. The number of benzene rings is 1. The predicted octanol–water partition coefficient (Wildman–Crippen LogP) is 2.47. The second-order valence-electron chi connectivity index (χ2n) is 3.69. The minimum absolute atomic E-state index is 0.0589. The summed E-state index contributed by atoms with van der Waals surface area (Å²) in [5.41, 5.74) is -0.186. The van der Waals surface area contributed by atoms with Crippen LogP contribution >= 0.6 is 11.3 Å². The van der Waals surface area contributed by atoms with E-state index in [4.69, 9.17) is 0 Å². The third-order valence-corrected chi connectivity index (χ3v) is 4.84. The summed E-state index contributed by atoms with van der Waals surface area (Å²) in [5.74, 6) is -1.46. The molecule has 0 unspecified atom stereocenters. The van der Waals surface area contributed by atoms with Crippen LogP contribution in [0.3, 0.4) is 0 Å². The lowest BCUT2D eigenvalue weighted by Crippen LogP contribution is -2.16. The molecule has 0 amide bonds. The largest absolute Gasteiger partial charge is 0.465 e. The van der Waals surface area contributed by atoms with E-state index in [-0.39, 0.29) is 15.5 Å². The number of anilines is 1. The van der Waals surface area contributed by atoms with Crippen molar-refractivity contribution in [3.05, 3.63) is 46.4 Å². The summed E-state index contributed by atoms with van der Waals surface area (Å²) in [6.45, 7) is 0. The molecule has 1 aromatic heterocycles. The van der Waals surface area contributed by atoms with E-state index in [0.717, 1.165) is 24.5 Å². The van der Waals surface area contributed by atoms with Crippen molar-refractivity contribution in [1.82, 2.24) is 0 Å². The maximum atomic E-state index is 13.5. The molecule has 0 aliphatic heterocycles. The van der Waals surface area contributed by atoms with Gasteiger partial charge in [0.25, 0.3) is 10.0 Å². The van der Waals surface area contributed by atoms with E-state index in [1.807, 2.05) is 0 Å². The van der Waals surface area contributed by atoms with Gasteiger partial charge in [0.15, 0.2) is 0 Å². The van der Waals surface area contributed by atoms with Gasteiger partial charge in [0.2, 0.25) is 0 Å². The molecule has 1 aromatic carbocycles. The lowest BCUT2D eigenvalue weighted by atomic mass is 10.3. The van der Waals surface area contributed by atoms with Crippen molar-refractivity contribution in [3.8, 4) is 0 Å². The monoisotopic (exact) mass is 315 g/mol. The number of esters is 1. The Morgan fingerprint density at radius 2 is 2.00 bits per heavy atom. The number of hydrogen-bond acceptors (Lipinski definition) is 5. The van der Waals surface area contributed by atoms with Crippen molar-refractivity contribution in [3.63, 3.8) is 0 Å². The minimum Gasteiger partial charge on any atom is -0.465 e. The summed E-state index contributed by atoms with van der Waals surface area (Å²) in [5, 5.41) is 1.45. The van der Waals surface area contributed by atoms with E-state index in [1.54, 1.807) is 0 Å². The number of sulfonamides is 1. The van der Waals surface area contributed by atoms with Crippen molar-refractivity contribution >= 4 is 33.0 Å². The lowest BCUT2D eigenvalue weighted by molar-refractivity contribution is 0.0602. The zero-order chi connectivity index (χ0) is 14.8. The number of carbonyl (C=O) groups is 1. The molecule has 1 N–H and O–H groups in total. The maximum absolute atomic E-state index is 13.5. The molecule has 20 heavy (non-hydrogen) atoms. The zero-order valence-corrected chi connectivity index (χ0v) is 11.9. The van der Waals surface area contributed by atoms with Crippen LogP contribution in [-0.2, 0) is 14.8 Å². The molecule has 0 fully saturated rings. The van der Waals surface area contributed by atoms with Crippen molar-refractivity contribution in [2.45, 2.75) is 4.90 Å². The van der Waals surface area contributed by atoms with Crippen LogP contribution in [0.5, 0.6) is 0 Å². The number of nitrogens with one attached hydrogen (secondary N) is 1. The van der Waals surface area contributed by atoms with Crippen LogP contribution in [0.1, 0.15) is 9.67 Å². The fourth-order valence-corrected chi connectivity index (χ4v) is 3.90. The van der Waals surface area contributed by atoms with E-state index < -0.39 is 21.8 Å². The molecule has 0 spiro atoms. The summed E-state index contributed by atoms with van der Waals surface area (Å²) in [6.07, 6.45) is 0. The van der Waals surface area contributed by atoms with Gasteiger partial charge in [-0.1, -0.05) is 12.1 Å². The summed E-state index contributed by atoms with van der Waals surface area (Å²) >= 11 is 0.936. The zero-order valence-electron chi connectivity index (χ0n) is 10.3. The number of rotatable bonds is 4. The summed E-state index contributed by atoms with van der Waals surface area (Å²) < 4.78 is 44.4. The van der Waals surface area contributed by atoms with Crippen molar-refractivity contribution in [2.24, 2.45) is 0 Å². The molecule has 0 bridgehead atoms. The van der Waals surface area contributed by atoms with Crippen LogP contribution in [0.15, 0.2) is 40.6 Å². The van der Waals surface area contributed by atoms with E-state index in [1.165, 1.54) is 29.6 Å². The highest BCUT2D eigenvalue weighted by atomic mass is 32.2. The van der Waals surface area contributed by atoms with Crippen LogP contribution in [0.25, 0.3) is 0 Å². The number of carbonyl (C=O) groups excluding carboxylic acids is 1. The average Bonchev–Trinajstić information content (AvgIpc) is 2.90. The predicted molar refractivity (Wildman–Crippen MR) is 72.9 cm³/mol. The summed E-state index contributed by atoms with van der Waals surface area (Å²) in [4.78, 5) is 11.2. The van der Waals surface area contributed by atoms with Crippen LogP contribution in [0.2, 0.25) is 0 Å². The highest BCUT2D eigenvalue weighted by Gasteiger charge is 2.25. The van der Waals surface area contributed by atoms with Crippen LogP contribution in [-0.4, -0.2) is 21.5 Å². The number of hydrogen-bond donors (Lipinski definition) is 1. The Morgan fingerprint density at radius 3 is 2.65 bits per heavy atom. The Labute approximate surface area is 119 Å². The molecular formula is C12H10FNO4S2. The van der Waals surface area contributed by atoms with Gasteiger partial charge in [-0.3, -0.25) is 4.72 Å². The first-order valence-corrected chi connectivity index (χ1v) is 7.75. The molecule has 2 rings (SSSR count). The Bertz CT molecular complexity index is 739. The molecule has 0 atom stereocenters. The quantitative estimate of drug-likeness (QED) is 0.880. The summed E-state index contributed by atoms with van der Waals surface area (Å²) in [7, 11) is -2.90. The number of para-hydroxylation sites is 1. The van der Waals surface area contributed by atoms with Crippen LogP contribution in [0.4, 0.5) is 10.1 Å². The first-order chi connectivity index (χ1) is 9.45. The molecule has 1 heterocycles. The third kappa shape index (κ3) is 2.81. The van der Waals surface area contributed by atoms with Crippen molar-refractivity contribution in [1.29, 1.82) is 0 Å². The molecule has 8 heteroatoms. The Kier molecular flexibility index (Phi) is 4.05. The second kappa shape index (κ2) is 5.59. The van der Waals surface area contributed by atoms with E-state index in [9.17, 15) is 17.6 Å². The fourth-order valence-electron chi connectivity index (χ4n) is 1.49. The number of ether oxygens (including phenoxy) is 1. The number of halogens is 1. The molecule has 0 aliphatic carbocycles. The average molecular weight is 315 g/mol. The normalized spacial score (nSPS) is 11.1. The van der Waals surface area contributed by atoms with Crippen LogP contribution in [0, 0.1) is 5.82 Å². The van der Waals surface area contributed by atoms with E-state index in [2.05, 4.69) is 9.46 Å². The first-order valence-electron chi connectivity index (χ1n) is 5.39. The van der Waals surface area contributed by atoms with Gasteiger partial charge in [-0.15, -0.1) is 11.3 Å². The topological polar surface area (TPSA) is 72.5 Å². The first kappa shape index (κ1) is 14.5. The number of methoxy groups -OCH3 is 1. The Balaban J connectivity index is 2.40. The number of thiophene rings is 1.